The Kier molecular flexibility index (Phi) is 4.95. The van der Waals surface area contributed by atoms with Crippen molar-refractivity contribution in [1.29, 1.82) is 0 Å². The molecule has 1 rings (SSSR count). The van der Waals surface area contributed by atoms with E-state index in [0.29, 0.717) is 0 Å². The Bertz CT molecular complexity index is 658. The molecule has 0 spiro atoms. The van der Waals surface area contributed by atoms with Crippen molar-refractivity contribution in [3.63, 3.8) is 0 Å². The first-order valence-electron chi connectivity index (χ1n) is 4.97. The summed E-state index contributed by atoms with van der Waals surface area (Å²) < 4.78 is 54.0. The quantitative estimate of drug-likeness (QED) is 0.371. The summed E-state index contributed by atoms with van der Waals surface area (Å²) in [5.74, 6) is 0. The first kappa shape index (κ1) is 17.5. The smallest absolute Gasteiger partial charge is 0.324 e. The lowest BCUT2D eigenvalue weighted by Crippen LogP contribution is -2.28. The highest BCUT2D eigenvalue weighted by Gasteiger charge is 2.53. The Hall–Kier alpha value is -0.570. The molecule has 1 aromatic carbocycles. The van der Waals surface area contributed by atoms with E-state index >= 15 is 0 Å². The topological polar surface area (TPSA) is 169 Å². The molecule has 2 atom stereocenters. The Labute approximate surface area is 114 Å². The second-order valence-corrected chi connectivity index (χ2v) is 9.30. The Morgan fingerprint density at radius 2 is 1.35 bits per heavy atom. The van der Waals surface area contributed by atoms with Crippen LogP contribution >= 0.6 is 15.2 Å². The highest BCUT2D eigenvalue weighted by Crippen LogP contribution is 2.63. The van der Waals surface area contributed by atoms with Gasteiger partial charge in [0.2, 0.25) is 4.99 Å². The molecule has 9 nitrogen and oxygen atoms in total. The van der Waals surface area contributed by atoms with Gasteiger partial charge in [0.15, 0.2) is 0 Å². The number of benzene rings is 1. The van der Waals surface area contributed by atoms with Gasteiger partial charge in [-0.3, -0.25) is 13.7 Å². The van der Waals surface area contributed by atoms with Crippen LogP contribution in [0.2, 0.25) is 0 Å². The van der Waals surface area contributed by atoms with Crippen LogP contribution in [0.5, 0.6) is 0 Å². The van der Waals surface area contributed by atoms with Gasteiger partial charge in [0.25, 0.3) is 10.1 Å². The van der Waals surface area contributed by atoms with Crippen LogP contribution in [0.4, 0.5) is 0 Å². The fourth-order valence-corrected chi connectivity index (χ4v) is 6.98. The summed E-state index contributed by atoms with van der Waals surface area (Å²) in [4.78, 5) is 33.6. The summed E-state index contributed by atoms with van der Waals surface area (Å²) in [5, 5.41) is 0. The molecule has 0 saturated heterocycles. The van der Waals surface area contributed by atoms with Crippen molar-refractivity contribution in [2.75, 3.05) is 0 Å². The lowest BCUT2D eigenvalue weighted by atomic mass is 10.2. The van der Waals surface area contributed by atoms with E-state index < -0.39 is 36.0 Å². The molecule has 0 heterocycles. The lowest BCUT2D eigenvalue weighted by Gasteiger charge is -2.26. The molecule has 0 aromatic heterocycles. The molecular weight excluding hydrogens is 334 g/mol. The first-order chi connectivity index (χ1) is 8.85. The van der Waals surface area contributed by atoms with Gasteiger partial charge in [-0.1, -0.05) is 30.3 Å². The van der Waals surface area contributed by atoms with E-state index in [-0.39, 0.29) is 5.56 Å². The average molecular weight is 346 g/mol. The van der Waals surface area contributed by atoms with Gasteiger partial charge in [0.1, 0.15) is 5.66 Å². The second-order valence-electron chi connectivity index (χ2n) is 3.94. The lowest BCUT2D eigenvalue weighted by molar-refractivity contribution is 0.336. The van der Waals surface area contributed by atoms with Crippen molar-refractivity contribution < 1.29 is 41.7 Å². The molecule has 0 bridgehead atoms. The molecule has 0 aliphatic heterocycles. The van der Waals surface area contributed by atoms with Gasteiger partial charge in [-0.2, -0.15) is 8.42 Å². The molecular formula is C8H12O9P2S. The van der Waals surface area contributed by atoms with Gasteiger partial charge in [-0.25, -0.2) is 0 Å². The van der Waals surface area contributed by atoms with E-state index in [2.05, 4.69) is 0 Å². The maximum absolute atomic E-state index is 11.4. The predicted octanol–water partition coefficient (Wildman–Crippen LogP) is 0.297. The van der Waals surface area contributed by atoms with Gasteiger partial charge < -0.3 is 19.6 Å². The van der Waals surface area contributed by atoms with E-state index in [1.165, 1.54) is 18.2 Å². The molecule has 5 N–H and O–H groups in total. The fourth-order valence-electron chi connectivity index (χ4n) is 1.70. The maximum Gasteiger partial charge on any atom is 0.347 e. The van der Waals surface area contributed by atoms with Crippen LogP contribution in [0.1, 0.15) is 11.2 Å². The van der Waals surface area contributed by atoms with Crippen LogP contribution in [0.3, 0.4) is 0 Å². The van der Waals surface area contributed by atoms with Crippen LogP contribution in [0.15, 0.2) is 30.3 Å². The Balaban J connectivity index is 3.60. The SMILES string of the molecule is O=P(O)(O)C(c1ccccc1)C(P(=O)(O)O)S(=O)(=O)O. The first-order valence-corrected chi connectivity index (χ1v) is 9.83. The number of hydrogen-bond donors (Lipinski definition) is 5. The van der Waals surface area contributed by atoms with Gasteiger partial charge >= 0.3 is 15.2 Å². The molecule has 20 heavy (non-hydrogen) atoms. The molecule has 0 amide bonds. The number of rotatable bonds is 5. The van der Waals surface area contributed by atoms with Crippen LogP contribution in [0, 0.1) is 0 Å². The van der Waals surface area contributed by atoms with E-state index in [4.69, 9.17) is 14.3 Å². The van der Waals surface area contributed by atoms with Crippen molar-refractivity contribution in [2.24, 2.45) is 0 Å². The summed E-state index contributed by atoms with van der Waals surface area (Å²) in [6.45, 7) is 0. The number of hydrogen-bond acceptors (Lipinski definition) is 4. The fraction of sp³-hybridized carbons (Fsp3) is 0.250. The summed E-state index contributed by atoms with van der Waals surface area (Å²) in [6, 6.07) is 6.26. The Morgan fingerprint density at radius 1 is 0.900 bits per heavy atom. The van der Waals surface area contributed by atoms with Crippen LogP contribution in [-0.2, 0) is 19.2 Å². The third kappa shape index (κ3) is 4.21. The van der Waals surface area contributed by atoms with Crippen molar-refractivity contribution in [2.45, 2.75) is 10.7 Å². The minimum absolute atomic E-state index is 0.313. The second kappa shape index (κ2) is 5.67. The molecule has 0 aliphatic carbocycles. The maximum atomic E-state index is 11.4. The highest BCUT2D eigenvalue weighted by molar-refractivity contribution is 7.94. The predicted molar refractivity (Wildman–Crippen MR) is 68.6 cm³/mol. The summed E-state index contributed by atoms with van der Waals surface area (Å²) >= 11 is 0. The monoisotopic (exact) mass is 346 g/mol. The normalized spacial score (nSPS) is 16.6. The van der Waals surface area contributed by atoms with Crippen molar-refractivity contribution >= 4 is 25.3 Å². The Morgan fingerprint density at radius 3 is 1.65 bits per heavy atom. The summed E-state index contributed by atoms with van der Waals surface area (Å²) in [6.07, 6.45) is 0. The van der Waals surface area contributed by atoms with Crippen molar-refractivity contribution in [3.05, 3.63) is 35.9 Å². The molecule has 114 valence electrons. The van der Waals surface area contributed by atoms with Gasteiger partial charge in [0.05, 0.1) is 0 Å². The van der Waals surface area contributed by atoms with E-state index in [0.717, 1.165) is 12.1 Å². The summed E-state index contributed by atoms with van der Waals surface area (Å²) in [7, 11) is -16.2. The molecule has 0 radical (unpaired) electrons. The van der Waals surface area contributed by atoms with Gasteiger partial charge in [-0.05, 0) is 5.56 Å². The van der Waals surface area contributed by atoms with Crippen molar-refractivity contribution in [1.82, 2.24) is 0 Å². The van der Waals surface area contributed by atoms with E-state index in [1.807, 2.05) is 0 Å². The molecule has 1 aromatic rings. The standard InChI is InChI=1S/C8H12O9P2S/c9-18(10,11)7(6-4-2-1-3-5-6)8(19(12,13)14)20(15,16)17/h1-5,7-8H,(H2,9,10,11)(H2,12,13,14)(H,15,16,17). The van der Waals surface area contributed by atoms with Crippen LogP contribution in [-0.4, -0.2) is 37.5 Å². The zero-order chi connectivity index (χ0) is 15.8. The van der Waals surface area contributed by atoms with E-state index in [9.17, 15) is 27.3 Å². The molecule has 2 unspecified atom stereocenters. The van der Waals surface area contributed by atoms with Crippen molar-refractivity contribution in [3.8, 4) is 0 Å². The minimum Gasteiger partial charge on any atom is -0.324 e. The van der Waals surface area contributed by atoms with Gasteiger partial charge in [-0.15, -0.1) is 0 Å². The zero-order valence-corrected chi connectivity index (χ0v) is 12.3. The third-order valence-electron chi connectivity index (χ3n) is 2.41. The van der Waals surface area contributed by atoms with Gasteiger partial charge in [0, 0.05) is 0 Å². The largest absolute Gasteiger partial charge is 0.347 e. The minimum atomic E-state index is -5.55. The molecule has 12 heteroatoms. The molecule has 0 saturated carbocycles. The summed E-state index contributed by atoms with van der Waals surface area (Å²) in [5.41, 5.74) is -2.69. The van der Waals surface area contributed by atoms with Crippen LogP contribution < -0.4 is 0 Å². The zero-order valence-electron chi connectivity index (χ0n) is 9.71. The third-order valence-corrected chi connectivity index (χ3v) is 7.63. The molecule has 0 fully saturated rings. The molecule has 0 aliphatic rings. The van der Waals surface area contributed by atoms with E-state index in [1.54, 1.807) is 0 Å². The highest BCUT2D eigenvalue weighted by atomic mass is 32.2. The average Bonchev–Trinajstić information content (AvgIpc) is 2.21. The van der Waals surface area contributed by atoms with Crippen LogP contribution in [0.25, 0.3) is 0 Å².